The molecule has 114 valence electrons. The fraction of sp³-hybridized carbons (Fsp3) is 0.643. The highest BCUT2D eigenvalue weighted by Crippen LogP contribution is 2.23. The third-order valence-electron chi connectivity index (χ3n) is 3.29. The van der Waals surface area contributed by atoms with Gasteiger partial charge >= 0.3 is 0 Å². The van der Waals surface area contributed by atoms with Crippen molar-refractivity contribution in [2.24, 2.45) is 5.92 Å². The van der Waals surface area contributed by atoms with Crippen LogP contribution >= 0.6 is 0 Å². The summed E-state index contributed by atoms with van der Waals surface area (Å²) in [4.78, 5) is 4.08. The summed E-state index contributed by atoms with van der Waals surface area (Å²) < 4.78 is 27.0. The van der Waals surface area contributed by atoms with Gasteiger partial charge in [-0.05, 0) is 25.0 Å². The lowest BCUT2D eigenvalue weighted by Gasteiger charge is -2.24. The average molecular weight is 299 g/mol. The zero-order valence-electron chi connectivity index (χ0n) is 12.8. The maximum absolute atomic E-state index is 12.7. The molecule has 1 aromatic rings. The predicted molar refractivity (Wildman–Crippen MR) is 82.3 cm³/mol. The van der Waals surface area contributed by atoms with Gasteiger partial charge in [0.05, 0.1) is 5.69 Å². The molecule has 5 nitrogen and oxygen atoms in total. The summed E-state index contributed by atoms with van der Waals surface area (Å²) >= 11 is 0. The highest BCUT2D eigenvalue weighted by molar-refractivity contribution is 7.89. The van der Waals surface area contributed by atoms with Crippen LogP contribution in [-0.2, 0) is 10.0 Å². The molecular formula is C14H25N3O2S. The molecule has 1 N–H and O–H groups in total. The van der Waals surface area contributed by atoms with E-state index in [1.807, 2.05) is 13.8 Å². The number of pyridine rings is 1. The molecule has 0 saturated heterocycles. The number of sulfonamides is 1. The minimum Gasteiger partial charge on any atom is -0.383 e. The van der Waals surface area contributed by atoms with E-state index in [0.29, 0.717) is 31.2 Å². The van der Waals surface area contributed by atoms with Crippen LogP contribution < -0.4 is 5.32 Å². The van der Waals surface area contributed by atoms with Gasteiger partial charge in [-0.15, -0.1) is 0 Å². The number of nitrogens with one attached hydrogen (secondary N) is 1. The van der Waals surface area contributed by atoms with E-state index in [1.165, 1.54) is 10.5 Å². The minimum atomic E-state index is -3.55. The molecule has 1 atom stereocenters. The zero-order valence-corrected chi connectivity index (χ0v) is 13.6. The first kappa shape index (κ1) is 16.9. The van der Waals surface area contributed by atoms with Gasteiger partial charge in [0.2, 0.25) is 0 Å². The molecule has 20 heavy (non-hydrogen) atoms. The molecule has 0 aliphatic carbocycles. The predicted octanol–water partition coefficient (Wildman–Crippen LogP) is 2.57. The monoisotopic (exact) mass is 299 g/mol. The number of rotatable bonds is 8. The first-order chi connectivity index (χ1) is 9.47. The Balaban J connectivity index is 3.13. The highest BCUT2D eigenvalue weighted by atomic mass is 32.2. The molecule has 6 heteroatoms. The molecule has 1 aromatic heterocycles. The highest BCUT2D eigenvalue weighted by Gasteiger charge is 2.28. The average Bonchev–Trinajstić information content (AvgIpc) is 2.45. The smallest absolute Gasteiger partial charge is 0.262 e. The Morgan fingerprint density at radius 1 is 1.35 bits per heavy atom. The van der Waals surface area contributed by atoms with E-state index in [2.05, 4.69) is 24.1 Å². The van der Waals surface area contributed by atoms with Gasteiger partial charge in [0, 0.05) is 25.8 Å². The van der Waals surface area contributed by atoms with Crippen LogP contribution in [0.25, 0.3) is 0 Å². The van der Waals surface area contributed by atoms with Crippen molar-refractivity contribution in [1.29, 1.82) is 0 Å². The zero-order chi connectivity index (χ0) is 15.2. The van der Waals surface area contributed by atoms with Crippen molar-refractivity contribution in [3.05, 3.63) is 18.3 Å². The molecule has 1 heterocycles. The molecule has 0 spiro atoms. The summed E-state index contributed by atoms with van der Waals surface area (Å²) in [6, 6.07) is 3.49. The first-order valence-electron chi connectivity index (χ1n) is 7.16. The van der Waals surface area contributed by atoms with Gasteiger partial charge < -0.3 is 5.32 Å². The molecule has 0 amide bonds. The molecule has 0 aliphatic rings. The van der Waals surface area contributed by atoms with E-state index in [-0.39, 0.29) is 5.03 Å². The van der Waals surface area contributed by atoms with Gasteiger partial charge in [-0.25, -0.2) is 13.4 Å². The van der Waals surface area contributed by atoms with E-state index in [1.54, 1.807) is 12.1 Å². The van der Waals surface area contributed by atoms with Gasteiger partial charge in [-0.2, -0.15) is 4.31 Å². The Morgan fingerprint density at radius 2 is 2.05 bits per heavy atom. The Kier molecular flexibility index (Phi) is 6.42. The van der Waals surface area contributed by atoms with Crippen molar-refractivity contribution in [2.75, 3.05) is 25.0 Å². The minimum absolute atomic E-state index is 0.118. The molecule has 0 fully saturated rings. The van der Waals surface area contributed by atoms with Crippen molar-refractivity contribution < 1.29 is 8.42 Å². The molecule has 1 rings (SSSR count). The number of hydrogen-bond acceptors (Lipinski definition) is 4. The Morgan fingerprint density at radius 3 is 2.60 bits per heavy atom. The van der Waals surface area contributed by atoms with Gasteiger partial charge in [-0.3, -0.25) is 0 Å². The van der Waals surface area contributed by atoms with Crippen LogP contribution in [0.4, 0.5) is 5.69 Å². The SMILES string of the molecule is CCNc1cccnc1S(=O)(=O)N(CC)CC(C)CC. The van der Waals surface area contributed by atoms with Crippen molar-refractivity contribution in [2.45, 2.75) is 39.1 Å². The largest absolute Gasteiger partial charge is 0.383 e. The fourth-order valence-corrected chi connectivity index (χ4v) is 3.56. The second-order valence-electron chi connectivity index (χ2n) is 4.86. The summed E-state index contributed by atoms with van der Waals surface area (Å²) in [5.74, 6) is 0.330. The maximum Gasteiger partial charge on any atom is 0.262 e. The molecule has 0 saturated carbocycles. The van der Waals surface area contributed by atoms with E-state index in [4.69, 9.17) is 0 Å². The fourth-order valence-electron chi connectivity index (χ4n) is 1.92. The topological polar surface area (TPSA) is 62.3 Å². The molecule has 0 radical (unpaired) electrons. The molecular weight excluding hydrogens is 274 g/mol. The van der Waals surface area contributed by atoms with Crippen LogP contribution in [0.5, 0.6) is 0 Å². The van der Waals surface area contributed by atoms with Crippen molar-refractivity contribution in [3.8, 4) is 0 Å². The maximum atomic E-state index is 12.7. The van der Waals surface area contributed by atoms with E-state index < -0.39 is 10.0 Å². The third kappa shape index (κ3) is 3.93. The van der Waals surface area contributed by atoms with Crippen molar-refractivity contribution in [1.82, 2.24) is 9.29 Å². The van der Waals surface area contributed by atoms with Crippen LogP contribution in [0, 0.1) is 5.92 Å². The summed E-state index contributed by atoms with van der Waals surface area (Å²) in [5.41, 5.74) is 0.567. The van der Waals surface area contributed by atoms with E-state index >= 15 is 0 Å². The van der Waals surface area contributed by atoms with E-state index in [0.717, 1.165) is 6.42 Å². The van der Waals surface area contributed by atoms with Crippen LogP contribution in [0.3, 0.4) is 0 Å². The number of anilines is 1. The standard InChI is InChI=1S/C14H25N3O2S/c1-5-12(4)11-17(7-3)20(18,19)14-13(15-6-2)9-8-10-16-14/h8-10,12,15H,5-7,11H2,1-4H3. The molecule has 0 aromatic carbocycles. The molecule has 0 aliphatic heterocycles. The normalized spacial score (nSPS) is 13.4. The van der Waals surface area contributed by atoms with Crippen LogP contribution in [0.2, 0.25) is 0 Å². The Bertz CT molecular complexity index is 517. The Labute approximate surface area is 122 Å². The number of hydrogen-bond donors (Lipinski definition) is 1. The van der Waals surface area contributed by atoms with Crippen LogP contribution in [-0.4, -0.2) is 37.3 Å². The van der Waals surface area contributed by atoms with Gasteiger partial charge in [0.1, 0.15) is 0 Å². The van der Waals surface area contributed by atoms with Crippen LogP contribution in [0.15, 0.2) is 23.4 Å². The second kappa shape index (κ2) is 7.59. The van der Waals surface area contributed by atoms with Crippen LogP contribution in [0.1, 0.15) is 34.1 Å². The second-order valence-corrected chi connectivity index (χ2v) is 6.71. The third-order valence-corrected chi connectivity index (χ3v) is 5.19. The lowest BCUT2D eigenvalue weighted by Crippen LogP contribution is -2.35. The number of nitrogens with zero attached hydrogens (tertiary/aromatic N) is 2. The summed E-state index contributed by atoms with van der Waals surface area (Å²) in [5, 5.41) is 3.18. The van der Waals surface area contributed by atoms with Crippen molar-refractivity contribution in [3.63, 3.8) is 0 Å². The lowest BCUT2D eigenvalue weighted by atomic mass is 10.1. The summed E-state index contributed by atoms with van der Waals surface area (Å²) in [7, 11) is -3.55. The first-order valence-corrected chi connectivity index (χ1v) is 8.60. The quantitative estimate of drug-likeness (QED) is 0.801. The molecule has 1 unspecified atom stereocenters. The number of aromatic nitrogens is 1. The van der Waals surface area contributed by atoms with Crippen molar-refractivity contribution >= 4 is 15.7 Å². The summed E-state index contributed by atoms with van der Waals surface area (Å²) in [6.45, 7) is 9.55. The van der Waals surface area contributed by atoms with Gasteiger partial charge in [-0.1, -0.05) is 27.2 Å². The summed E-state index contributed by atoms with van der Waals surface area (Å²) in [6.07, 6.45) is 2.47. The van der Waals surface area contributed by atoms with Gasteiger partial charge in [0.15, 0.2) is 5.03 Å². The lowest BCUT2D eigenvalue weighted by molar-refractivity contribution is 0.360. The van der Waals surface area contributed by atoms with Gasteiger partial charge in [0.25, 0.3) is 10.0 Å². The molecule has 0 bridgehead atoms. The Hall–Kier alpha value is -1.14. The van der Waals surface area contributed by atoms with E-state index in [9.17, 15) is 8.42 Å².